The van der Waals surface area contributed by atoms with E-state index in [0.29, 0.717) is 15.7 Å². The highest BCUT2D eigenvalue weighted by molar-refractivity contribution is 6.30. The van der Waals surface area contributed by atoms with Crippen LogP contribution in [0.1, 0.15) is 5.56 Å². The van der Waals surface area contributed by atoms with Crippen molar-refractivity contribution in [1.82, 2.24) is 9.78 Å². The molecule has 3 aromatic rings. The zero-order chi connectivity index (χ0) is 16.2. The van der Waals surface area contributed by atoms with Gasteiger partial charge in [-0.05, 0) is 30.3 Å². The molecule has 0 aliphatic carbocycles. The number of aromatic nitrogens is 2. The fraction of sp³-hybridized carbons (Fsp3) is 0. The van der Waals surface area contributed by atoms with E-state index in [1.54, 1.807) is 16.8 Å². The lowest BCUT2D eigenvalue weighted by Gasteiger charge is -2.07. The van der Waals surface area contributed by atoms with Gasteiger partial charge in [0.15, 0.2) is 0 Å². The molecule has 0 fully saturated rings. The molecular formula is C18H12Cl2N2O. The van der Waals surface area contributed by atoms with Gasteiger partial charge in [0.25, 0.3) is 0 Å². The van der Waals surface area contributed by atoms with Crippen molar-refractivity contribution in [3.8, 4) is 11.3 Å². The van der Waals surface area contributed by atoms with E-state index in [0.717, 1.165) is 23.1 Å². The van der Waals surface area contributed by atoms with Crippen LogP contribution in [0, 0.1) is 0 Å². The number of hydrogen-bond donors (Lipinski definition) is 0. The molecule has 0 unspecified atom stereocenters. The van der Waals surface area contributed by atoms with Crippen molar-refractivity contribution in [2.75, 3.05) is 0 Å². The van der Waals surface area contributed by atoms with Gasteiger partial charge < -0.3 is 0 Å². The summed E-state index contributed by atoms with van der Waals surface area (Å²) in [6, 6.07) is 16.6. The van der Waals surface area contributed by atoms with Crippen molar-refractivity contribution >= 4 is 35.2 Å². The summed E-state index contributed by atoms with van der Waals surface area (Å²) >= 11 is 11.8. The summed E-state index contributed by atoms with van der Waals surface area (Å²) in [5, 5.41) is 5.86. The van der Waals surface area contributed by atoms with Crippen LogP contribution in [0.3, 0.4) is 0 Å². The quantitative estimate of drug-likeness (QED) is 0.496. The summed E-state index contributed by atoms with van der Waals surface area (Å²) < 4.78 is 1.67. The van der Waals surface area contributed by atoms with Crippen LogP contribution in [-0.2, 0) is 4.79 Å². The number of carbonyl (C=O) groups is 1. The third kappa shape index (κ3) is 3.52. The maximum Gasteiger partial charge on any atom is 0.145 e. The predicted molar refractivity (Wildman–Crippen MR) is 93.6 cm³/mol. The molecule has 0 saturated carbocycles. The topological polar surface area (TPSA) is 34.9 Å². The van der Waals surface area contributed by atoms with Gasteiger partial charge in [-0.25, -0.2) is 4.68 Å². The molecule has 114 valence electrons. The third-order valence-electron chi connectivity index (χ3n) is 3.34. The highest BCUT2D eigenvalue weighted by Crippen LogP contribution is 2.23. The molecule has 0 aliphatic heterocycles. The monoisotopic (exact) mass is 342 g/mol. The Morgan fingerprint density at radius 3 is 2.13 bits per heavy atom. The van der Waals surface area contributed by atoms with Gasteiger partial charge in [0.2, 0.25) is 0 Å². The SMILES string of the molecule is O=CC=C(c1ccc(Cl)cc1)n1ccc(-c2ccc(Cl)cc2)n1. The van der Waals surface area contributed by atoms with Gasteiger partial charge in [-0.2, -0.15) is 5.10 Å². The first kappa shape index (κ1) is 15.5. The molecule has 0 spiro atoms. The van der Waals surface area contributed by atoms with E-state index in [1.165, 1.54) is 6.08 Å². The van der Waals surface area contributed by atoms with E-state index in [-0.39, 0.29) is 0 Å². The van der Waals surface area contributed by atoms with E-state index in [2.05, 4.69) is 5.10 Å². The average Bonchev–Trinajstić information content (AvgIpc) is 3.04. The van der Waals surface area contributed by atoms with Gasteiger partial charge in [-0.15, -0.1) is 0 Å². The standard InChI is InChI=1S/C18H12Cl2N2O/c19-15-5-1-13(2-6-15)17-9-11-22(21-17)18(10-12-23)14-3-7-16(20)8-4-14/h1-12H. The van der Waals surface area contributed by atoms with Crippen LogP contribution in [0.2, 0.25) is 10.0 Å². The molecule has 0 bridgehead atoms. The van der Waals surface area contributed by atoms with Crippen LogP contribution < -0.4 is 0 Å². The maximum atomic E-state index is 11.0. The fourth-order valence-electron chi connectivity index (χ4n) is 2.22. The number of rotatable bonds is 4. The normalized spacial score (nSPS) is 11.5. The second-order valence-electron chi connectivity index (χ2n) is 4.85. The Morgan fingerprint density at radius 2 is 1.52 bits per heavy atom. The number of aldehydes is 1. The molecule has 0 N–H and O–H groups in total. The van der Waals surface area contributed by atoms with Crippen molar-refractivity contribution < 1.29 is 4.79 Å². The Bertz CT molecular complexity index is 849. The van der Waals surface area contributed by atoms with Gasteiger partial charge >= 0.3 is 0 Å². The first-order chi connectivity index (χ1) is 11.2. The summed E-state index contributed by atoms with van der Waals surface area (Å²) in [5.74, 6) is 0. The van der Waals surface area contributed by atoms with Gasteiger partial charge in [-0.1, -0.05) is 47.5 Å². The molecule has 5 heteroatoms. The van der Waals surface area contributed by atoms with E-state index in [1.807, 2.05) is 48.7 Å². The number of benzene rings is 2. The molecular weight excluding hydrogens is 331 g/mol. The van der Waals surface area contributed by atoms with Crippen LogP contribution in [0.25, 0.3) is 17.0 Å². The van der Waals surface area contributed by atoms with Crippen LogP contribution in [0.4, 0.5) is 0 Å². The van der Waals surface area contributed by atoms with E-state index in [9.17, 15) is 4.79 Å². The number of halogens is 2. The molecule has 0 atom stereocenters. The predicted octanol–water partition coefficient (Wildman–Crippen LogP) is 4.95. The van der Waals surface area contributed by atoms with Crippen molar-refractivity contribution in [3.05, 3.63) is 82.5 Å². The van der Waals surface area contributed by atoms with Crippen LogP contribution in [0.15, 0.2) is 66.9 Å². The number of hydrogen-bond acceptors (Lipinski definition) is 2. The Balaban J connectivity index is 1.99. The van der Waals surface area contributed by atoms with Crippen molar-refractivity contribution in [3.63, 3.8) is 0 Å². The van der Waals surface area contributed by atoms with Gasteiger partial charge in [0.05, 0.1) is 11.4 Å². The summed E-state index contributed by atoms with van der Waals surface area (Å²) in [6.45, 7) is 0. The smallest absolute Gasteiger partial charge is 0.145 e. The summed E-state index contributed by atoms with van der Waals surface area (Å²) in [4.78, 5) is 11.0. The Morgan fingerprint density at radius 1 is 0.913 bits per heavy atom. The van der Waals surface area contributed by atoms with Gasteiger partial charge in [0, 0.05) is 33.4 Å². The largest absolute Gasteiger partial charge is 0.298 e. The van der Waals surface area contributed by atoms with E-state index < -0.39 is 0 Å². The third-order valence-corrected chi connectivity index (χ3v) is 3.85. The molecule has 1 heterocycles. The molecule has 0 amide bonds. The summed E-state index contributed by atoms with van der Waals surface area (Å²) in [5.41, 5.74) is 3.28. The van der Waals surface area contributed by atoms with Crippen LogP contribution in [-0.4, -0.2) is 16.1 Å². The zero-order valence-corrected chi connectivity index (χ0v) is 13.5. The second-order valence-corrected chi connectivity index (χ2v) is 5.72. The fourth-order valence-corrected chi connectivity index (χ4v) is 2.47. The first-order valence-electron chi connectivity index (χ1n) is 6.91. The number of carbonyl (C=O) groups excluding carboxylic acids is 1. The average molecular weight is 343 g/mol. The van der Waals surface area contributed by atoms with E-state index >= 15 is 0 Å². The molecule has 0 aliphatic rings. The number of nitrogens with zero attached hydrogens (tertiary/aromatic N) is 2. The van der Waals surface area contributed by atoms with Crippen molar-refractivity contribution in [2.45, 2.75) is 0 Å². The summed E-state index contributed by atoms with van der Waals surface area (Å²) in [7, 11) is 0. The van der Waals surface area contributed by atoms with Gasteiger partial charge in [-0.3, -0.25) is 4.79 Å². The molecule has 0 radical (unpaired) electrons. The number of allylic oxidation sites excluding steroid dienone is 1. The molecule has 2 aromatic carbocycles. The molecule has 23 heavy (non-hydrogen) atoms. The lowest BCUT2D eigenvalue weighted by atomic mass is 10.1. The highest BCUT2D eigenvalue weighted by atomic mass is 35.5. The maximum absolute atomic E-state index is 11.0. The Labute approximate surface area is 143 Å². The van der Waals surface area contributed by atoms with Crippen LogP contribution >= 0.6 is 23.2 Å². The van der Waals surface area contributed by atoms with Crippen LogP contribution in [0.5, 0.6) is 0 Å². The summed E-state index contributed by atoms with van der Waals surface area (Å²) in [6.07, 6.45) is 4.03. The first-order valence-corrected chi connectivity index (χ1v) is 7.66. The zero-order valence-electron chi connectivity index (χ0n) is 12.0. The Hall–Kier alpha value is -2.36. The lowest BCUT2D eigenvalue weighted by Crippen LogP contribution is -2.00. The molecule has 3 rings (SSSR count). The van der Waals surface area contributed by atoms with E-state index in [4.69, 9.17) is 23.2 Å². The molecule has 1 aromatic heterocycles. The minimum atomic E-state index is 0.640. The van der Waals surface area contributed by atoms with Crippen molar-refractivity contribution in [1.29, 1.82) is 0 Å². The Kier molecular flexibility index (Phi) is 4.60. The van der Waals surface area contributed by atoms with Crippen molar-refractivity contribution in [2.24, 2.45) is 0 Å². The molecule has 0 saturated heterocycles. The lowest BCUT2D eigenvalue weighted by molar-refractivity contribution is -0.104. The minimum Gasteiger partial charge on any atom is -0.298 e. The second kappa shape index (κ2) is 6.82. The van der Waals surface area contributed by atoms with Gasteiger partial charge in [0.1, 0.15) is 6.29 Å². The minimum absolute atomic E-state index is 0.640. The highest BCUT2D eigenvalue weighted by Gasteiger charge is 2.08. The molecule has 3 nitrogen and oxygen atoms in total.